The number of aryl methyl sites for hydroxylation is 1. The first-order valence-corrected chi connectivity index (χ1v) is 12.3. The minimum Gasteiger partial charge on any atom is -0.392 e. The molecule has 2 N–H and O–H groups in total. The van der Waals surface area contributed by atoms with Crippen molar-refractivity contribution in [2.24, 2.45) is 13.0 Å². The summed E-state index contributed by atoms with van der Waals surface area (Å²) in [4.78, 5) is 42.5. The number of pyridine rings is 1. The van der Waals surface area contributed by atoms with Gasteiger partial charge in [-0.3, -0.25) is 14.4 Å². The molecule has 0 spiro atoms. The van der Waals surface area contributed by atoms with Gasteiger partial charge in [0, 0.05) is 29.8 Å². The second-order valence-electron chi connectivity index (χ2n) is 10.6. The molecule has 0 radical (unpaired) electrons. The summed E-state index contributed by atoms with van der Waals surface area (Å²) in [5.74, 6) is -2.18. The smallest absolute Gasteiger partial charge is 0.290 e. The number of fused-ring (bicyclic) bond motifs is 1. The quantitative estimate of drug-likeness (QED) is 0.401. The van der Waals surface area contributed by atoms with Gasteiger partial charge in [0.25, 0.3) is 11.1 Å². The van der Waals surface area contributed by atoms with Crippen LogP contribution in [0.15, 0.2) is 46.2 Å². The number of aromatic nitrogens is 5. The zero-order valence-corrected chi connectivity index (χ0v) is 21.7. The Hall–Kier alpha value is -4.32. The number of hydrogen-bond donors (Lipinski definition) is 2. The Labute approximate surface area is 220 Å². The van der Waals surface area contributed by atoms with E-state index in [4.69, 9.17) is 0 Å². The summed E-state index contributed by atoms with van der Waals surface area (Å²) in [6, 6.07) is 5.85. The lowest BCUT2D eigenvalue weighted by Crippen LogP contribution is -2.27. The number of amides is 1. The van der Waals surface area contributed by atoms with E-state index < -0.39 is 41.5 Å². The molecule has 1 aliphatic rings. The van der Waals surface area contributed by atoms with Crippen molar-refractivity contribution in [1.29, 1.82) is 0 Å². The molecule has 1 aromatic carbocycles. The van der Waals surface area contributed by atoms with Gasteiger partial charge in [-0.15, -0.1) is 0 Å². The highest BCUT2D eigenvalue weighted by atomic mass is 19.1. The maximum absolute atomic E-state index is 15.2. The monoisotopic (exact) mass is 536 g/mol. The van der Waals surface area contributed by atoms with Gasteiger partial charge in [-0.25, -0.2) is 18.4 Å². The number of anilines is 1. The molecule has 39 heavy (non-hydrogen) atoms. The minimum atomic E-state index is -1.24. The zero-order chi connectivity index (χ0) is 28.2. The van der Waals surface area contributed by atoms with Crippen LogP contribution in [0.1, 0.15) is 38.3 Å². The average molecular weight is 537 g/mol. The molecule has 5 rings (SSSR count). The van der Waals surface area contributed by atoms with Gasteiger partial charge in [0.05, 0.1) is 29.8 Å². The number of halogens is 2. The lowest BCUT2D eigenvalue weighted by Gasteiger charge is -2.20. The third kappa shape index (κ3) is 4.71. The molecule has 202 valence electrons. The Balaban J connectivity index is 1.63. The lowest BCUT2D eigenvalue weighted by atomic mass is 9.86. The highest BCUT2D eigenvalue weighted by Gasteiger charge is 2.43. The number of benzene rings is 1. The average Bonchev–Trinajstić information content (AvgIpc) is 3.62. The molecule has 2 atom stereocenters. The highest BCUT2D eigenvalue weighted by Crippen LogP contribution is 2.35. The Kier molecular flexibility index (Phi) is 6.37. The molecule has 2 unspecified atom stereocenters. The predicted octanol–water partition coefficient (Wildman–Crippen LogP) is 2.77. The lowest BCUT2D eigenvalue weighted by molar-refractivity contribution is -0.117. The van der Waals surface area contributed by atoms with Crippen LogP contribution in [0.2, 0.25) is 0 Å². The van der Waals surface area contributed by atoms with Crippen molar-refractivity contribution in [3.63, 3.8) is 0 Å². The first kappa shape index (κ1) is 26.3. The summed E-state index contributed by atoms with van der Waals surface area (Å²) in [7, 11) is 1.38. The van der Waals surface area contributed by atoms with Crippen LogP contribution in [-0.4, -0.2) is 41.7 Å². The van der Waals surface area contributed by atoms with Gasteiger partial charge in [-0.2, -0.15) is 14.9 Å². The fourth-order valence-corrected chi connectivity index (χ4v) is 4.37. The van der Waals surface area contributed by atoms with Crippen LogP contribution < -0.4 is 16.4 Å². The minimum absolute atomic E-state index is 0.0549. The zero-order valence-electron chi connectivity index (χ0n) is 21.7. The van der Waals surface area contributed by atoms with Gasteiger partial charge in [0.15, 0.2) is 5.82 Å². The number of aliphatic hydroxyl groups is 1. The van der Waals surface area contributed by atoms with E-state index >= 15 is 4.39 Å². The number of carbonyl (C=O) groups excluding carboxylic acids is 1. The number of carbonyl (C=O) groups is 1. The number of alkyl halides is 1. The van der Waals surface area contributed by atoms with E-state index in [2.05, 4.69) is 20.5 Å². The van der Waals surface area contributed by atoms with E-state index in [1.165, 1.54) is 37.6 Å². The summed E-state index contributed by atoms with van der Waals surface area (Å²) in [5.41, 5.74) is -0.550. The normalized spacial score (nSPS) is 16.9. The van der Waals surface area contributed by atoms with Crippen molar-refractivity contribution in [3.05, 3.63) is 74.3 Å². The summed E-state index contributed by atoms with van der Waals surface area (Å²) in [5, 5.41) is 21.3. The van der Waals surface area contributed by atoms with Crippen molar-refractivity contribution in [1.82, 2.24) is 24.5 Å². The molecule has 1 saturated carbocycles. The first-order chi connectivity index (χ1) is 18.4. The number of aliphatic hydroxyl groups excluding tert-OH is 1. The topological polar surface area (TPSA) is 132 Å². The van der Waals surface area contributed by atoms with Crippen molar-refractivity contribution < 1.29 is 18.7 Å². The van der Waals surface area contributed by atoms with Crippen LogP contribution in [0.4, 0.5) is 14.5 Å². The highest BCUT2D eigenvalue weighted by molar-refractivity contribution is 5.95. The van der Waals surface area contributed by atoms with Crippen LogP contribution in [0.25, 0.3) is 27.8 Å². The van der Waals surface area contributed by atoms with E-state index in [0.717, 1.165) is 9.36 Å². The molecule has 12 heteroatoms. The summed E-state index contributed by atoms with van der Waals surface area (Å²) in [6.07, 6.45) is 1.57. The van der Waals surface area contributed by atoms with Crippen LogP contribution in [0, 0.1) is 11.7 Å². The van der Waals surface area contributed by atoms with Crippen LogP contribution in [-0.2, 0) is 23.9 Å². The molecule has 1 amide bonds. The summed E-state index contributed by atoms with van der Waals surface area (Å²) >= 11 is 0. The van der Waals surface area contributed by atoms with Gasteiger partial charge in [-0.1, -0.05) is 20.8 Å². The number of hydrogen-bond acceptors (Lipinski definition) is 7. The molecule has 0 aliphatic heterocycles. The Morgan fingerprint density at radius 3 is 2.56 bits per heavy atom. The second-order valence-corrected chi connectivity index (χ2v) is 10.6. The fourth-order valence-electron chi connectivity index (χ4n) is 4.37. The maximum atomic E-state index is 15.2. The van der Waals surface area contributed by atoms with E-state index in [9.17, 15) is 23.9 Å². The third-order valence-corrected chi connectivity index (χ3v) is 6.74. The number of nitrogens with zero attached hydrogens (tertiary/aromatic N) is 5. The number of rotatable bonds is 5. The van der Waals surface area contributed by atoms with E-state index in [0.29, 0.717) is 16.5 Å². The maximum Gasteiger partial charge on any atom is 0.290 e. The summed E-state index contributed by atoms with van der Waals surface area (Å²) < 4.78 is 30.4. The summed E-state index contributed by atoms with van der Waals surface area (Å²) in [6.45, 7) is 5.19. The molecular weight excluding hydrogens is 510 g/mol. The molecule has 1 fully saturated rings. The Bertz CT molecular complexity index is 1760. The van der Waals surface area contributed by atoms with Gasteiger partial charge >= 0.3 is 0 Å². The predicted molar refractivity (Wildman–Crippen MR) is 140 cm³/mol. The third-order valence-electron chi connectivity index (χ3n) is 6.74. The van der Waals surface area contributed by atoms with Gasteiger partial charge < -0.3 is 10.4 Å². The second kappa shape index (κ2) is 9.45. The molecule has 3 heterocycles. The molecule has 0 saturated heterocycles. The van der Waals surface area contributed by atoms with Gasteiger partial charge in [-0.05, 0) is 41.7 Å². The molecule has 1 aliphatic carbocycles. The number of nitrogens with one attached hydrogen (secondary N) is 1. The van der Waals surface area contributed by atoms with Gasteiger partial charge in [0.2, 0.25) is 5.91 Å². The van der Waals surface area contributed by atoms with Crippen LogP contribution in [0.3, 0.4) is 0 Å². The fraction of sp³-hybridized carbons (Fsp3) is 0.333. The van der Waals surface area contributed by atoms with E-state index in [1.54, 1.807) is 6.07 Å². The van der Waals surface area contributed by atoms with Crippen molar-refractivity contribution >= 4 is 22.4 Å². The van der Waals surface area contributed by atoms with Crippen molar-refractivity contribution in [2.75, 3.05) is 5.32 Å². The molecule has 3 aromatic heterocycles. The Morgan fingerprint density at radius 2 is 1.92 bits per heavy atom. The molecule has 10 nitrogen and oxygen atoms in total. The van der Waals surface area contributed by atoms with Crippen LogP contribution in [0.5, 0.6) is 0 Å². The molecule has 0 bridgehead atoms. The molecular formula is C27H26F2N6O4. The van der Waals surface area contributed by atoms with E-state index in [1.807, 2.05) is 20.8 Å². The first-order valence-electron chi connectivity index (χ1n) is 12.3. The standard InChI is InChI=1S/C27H26F2N6O4/c1-27(2,3)14-7-13-11-31-35(26(39)22(13)19(29)8-14)23-17(12-36)15(5-6-30-23)20-10-21(25(38)34(4)33-20)32-24(37)16-9-18(16)28/h5-8,10-11,16,18,36H,9,12H2,1-4H3,(H,32,37). The van der Waals surface area contributed by atoms with E-state index in [-0.39, 0.29) is 40.0 Å². The van der Waals surface area contributed by atoms with Crippen molar-refractivity contribution in [3.8, 4) is 17.1 Å². The Morgan fingerprint density at radius 1 is 1.21 bits per heavy atom. The largest absolute Gasteiger partial charge is 0.392 e. The SMILES string of the molecule is Cn1nc(-c2ccnc(-n3ncc4cc(C(C)(C)C)cc(F)c4c3=O)c2CO)cc(NC(=O)C2CC2F)c1=O. The van der Waals surface area contributed by atoms with Crippen molar-refractivity contribution in [2.45, 2.75) is 45.4 Å². The molecule has 4 aromatic rings. The van der Waals surface area contributed by atoms with Gasteiger partial charge in [0.1, 0.15) is 17.7 Å². The van der Waals surface area contributed by atoms with Crippen LogP contribution >= 0.6 is 0 Å².